The van der Waals surface area contributed by atoms with Crippen molar-refractivity contribution in [2.75, 3.05) is 6.67 Å². The van der Waals surface area contributed by atoms with Crippen LogP contribution in [0.3, 0.4) is 0 Å². The molecule has 1 nitrogen and oxygen atoms in total. The van der Waals surface area contributed by atoms with E-state index in [4.69, 9.17) is 5.11 Å². The lowest BCUT2D eigenvalue weighted by atomic mass is 10.2. The first-order valence-corrected chi connectivity index (χ1v) is 2.14. The van der Waals surface area contributed by atoms with Crippen molar-refractivity contribution in [1.82, 2.24) is 0 Å². The molecule has 4 heteroatoms. The first-order chi connectivity index (χ1) is 3.48. The molecule has 1 unspecified atom stereocenters. The maximum atomic E-state index is 11.4. The minimum atomic E-state index is -3.87. The molecule has 0 aliphatic carbocycles. The molecule has 0 rings (SSSR count). The lowest BCUT2D eigenvalue weighted by Crippen LogP contribution is -2.26. The summed E-state index contributed by atoms with van der Waals surface area (Å²) in [4.78, 5) is 0. The van der Waals surface area contributed by atoms with E-state index in [0.717, 1.165) is 6.92 Å². The number of halogens is 3. The predicted octanol–water partition coefficient (Wildman–Crippen LogP) is 1.18. The van der Waals surface area contributed by atoms with E-state index in [1.54, 1.807) is 0 Å². The lowest BCUT2D eigenvalue weighted by molar-refractivity contribution is -0.235. The van der Waals surface area contributed by atoms with Gasteiger partial charge in [-0.1, -0.05) is 6.92 Å². The Morgan fingerprint density at radius 3 is 2.00 bits per heavy atom. The quantitative estimate of drug-likeness (QED) is 0.592. The average molecular weight is 128 g/mol. The minimum Gasteiger partial charge on any atom is -0.336 e. The van der Waals surface area contributed by atoms with Gasteiger partial charge >= 0.3 is 6.11 Å². The lowest BCUT2D eigenvalue weighted by Gasteiger charge is -2.12. The first-order valence-electron chi connectivity index (χ1n) is 2.14. The summed E-state index contributed by atoms with van der Waals surface area (Å²) in [5, 5.41) is 7.71. The fourth-order valence-electron chi connectivity index (χ4n) is 0.0928. The number of alkyl halides is 3. The normalized spacial score (nSPS) is 16.1. The molecule has 1 N–H and O–H groups in total. The van der Waals surface area contributed by atoms with Crippen molar-refractivity contribution in [3.8, 4) is 0 Å². The Labute approximate surface area is 45.1 Å². The highest BCUT2D eigenvalue weighted by Crippen LogP contribution is 2.20. The second kappa shape index (κ2) is 2.35. The third kappa shape index (κ3) is 2.16. The molecule has 1 atom stereocenters. The van der Waals surface area contributed by atoms with Crippen molar-refractivity contribution in [1.29, 1.82) is 0 Å². The van der Waals surface area contributed by atoms with Crippen molar-refractivity contribution in [3.63, 3.8) is 0 Å². The fraction of sp³-hybridized carbons (Fsp3) is 1.00. The van der Waals surface area contributed by atoms with Gasteiger partial charge in [-0.3, -0.25) is 4.39 Å². The van der Waals surface area contributed by atoms with Crippen molar-refractivity contribution >= 4 is 0 Å². The van der Waals surface area contributed by atoms with Gasteiger partial charge in [0.15, 0.2) is 0 Å². The van der Waals surface area contributed by atoms with Gasteiger partial charge in [0, 0.05) is 0 Å². The largest absolute Gasteiger partial charge is 0.358 e. The van der Waals surface area contributed by atoms with Crippen LogP contribution >= 0.6 is 0 Å². The number of hydrogen-bond acceptors (Lipinski definition) is 1. The Bertz CT molecular complexity index is 68.2. The predicted molar refractivity (Wildman–Crippen MR) is 22.3 cm³/mol. The third-order valence-corrected chi connectivity index (χ3v) is 0.824. The highest BCUT2D eigenvalue weighted by molar-refractivity contribution is 4.58. The third-order valence-electron chi connectivity index (χ3n) is 0.824. The summed E-state index contributed by atoms with van der Waals surface area (Å²) >= 11 is 0. The van der Waals surface area contributed by atoms with Gasteiger partial charge < -0.3 is 5.11 Å². The van der Waals surface area contributed by atoms with Crippen molar-refractivity contribution in [2.45, 2.75) is 13.0 Å². The van der Waals surface area contributed by atoms with E-state index in [0.29, 0.717) is 0 Å². The second-order valence-electron chi connectivity index (χ2n) is 1.64. The Kier molecular flexibility index (Phi) is 2.27. The Morgan fingerprint density at radius 2 is 2.00 bits per heavy atom. The van der Waals surface area contributed by atoms with Crippen LogP contribution < -0.4 is 0 Å². The van der Waals surface area contributed by atoms with Crippen molar-refractivity contribution < 1.29 is 18.3 Å². The molecule has 0 aromatic rings. The molecule has 0 aliphatic rings. The SMILES string of the molecule is CC(CF)C(O)(F)F. The van der Waals surface area contributed by atoms with Crippen LogP contribution in [-0.4, -0.2) is 17.9 Å². The molecular formula is C4H7F3O. The second-order valence-corrected chi connectivity index (χ2v) is 1.64. The highest BCUT2D eigenvalue weighted by Gasteiger charge is 2.32. The molecule has 8 heavy (non-hydrogen) atoms. The monoisotopic (exact) mass is 128 g/mol. The van der Waals surface area contributed by atoms with Gasteiger partial charge in [-0.05, 0) is 0 Å². The topological polar surface area (TPSA) is 20.2 Å². The molecule has 0 radical (unpaired) electrons. The molecule has 50 valence electrons. The Morgan fingerprint density at radius 1 is 1.62 bits per heavy atom. The first kappa shape index (κ1) is 7.75. The van der Waals surface area contributed by atoms with Crippen LogP contribution in [0, 0.1) is 5.92 Å². The van der Waals surface area contributed by atoms with E-state index in [1.807, 2.05) is 0 Å². The molecule has 0 fully saturated rings. The van der Waals surface area contributed by atoms with Gasteiger partial charge in [-0.15, -0.1) is 0 Å². The molecule has 0 saturated carbocycles. The number of aliphatic hydroxyl groups is 1. The van der Waals surface area contributed by atoms with Crippen LogP contribution in [0.25, 0.3) is 0 Å². The zero-order chi connectivity index (χ0) is 6.78. The molecule has 0 amide bonds. The highest BCUT2D eigenvalue weighted by atomic mass is 19.3. The number of rotatable bonds is 2. The zero-order valence-corrected chi connectivity index (χ0v) is 4.37. The van der Waals surface area contributed by atoms with E-state index in [1.165, 1.54) is 0 Å². The van der Waals surface area contributed by atoms with E-state index >= 15 is 0 Å². The molecule has 0 bridgehead atoms. The Hall–Kier alpha value is -0.250. The van der Waals surface area contributed by atoms with E-state index in [9.17, 15) is 13.2 Å². The molecule has 0 saturated heterocycles. The maximum absolute atomic E-state index is 11.4. The molecule has 0 spiro atoms. The van der Waals surface area contributed by atoms with Crippen LogP contribution in [0.15, 0.2) is 0 Å². The van der Waals surface area contributed by atoms with E-state index in [-0.39, 0.29) is 0 Å². The summed E-state index contributed by atoms with van der Waals surface area (Å²) in [6.07, 6.45) is -3.87. The minimum absolute atomic E-state index is 0.931. The zero-order valence-electron chi connectivity index (χ0n) is 4.37. The summed E-state index contributed by atoms with van der Waals surface area (Å²) in [5.41, 5.74) is 0. The summed E-state index contributed by atoms with van der Waals surface area (Å²) in [7, 11) is 0. The van der Waals surface area contributed by atoms with Gasteiger partial charge in [0.1, 0.15) is 6.67 Å². The van der Waals surface area contributed by atoms with Crippen LogP contribution in [0.2, 0.25) is 0 Å². The van der Waals surface area contributed by atoms with E-state index < -0.39 is 18.7 Å². The maximum Gasteiger partial charge on any atom is 0.358 e. The summed E-state index contributed by atoms with van der Waals surface area (Å²) in [6.45, 7) is -0.274. The van der Waals surface area contributed by atoms with Gasteiger partial charge in [-0.2, -0.15) is 8.78 Å². The molecule has 0 heterocycles. The van der Waals surface area contributed by atoms with Gasteiger partial charge in [0.25, 0.3) is 0 Å². The number of hydrogen-bond donors (Lipinski definition) is 1. The fourth-order valence-corrected chi connectivity index (χ4v) is 0.0928. The van der Waals surface area contributed by atoms with E-state index in [2.05, 4.69) is 0 Å². The van der Waals surface area contributed by atoms with Gasteiger partial charge in [0.2, 0.25) is 0 Å². The summed E-state index contributed by atoms with van der Waals surface area (Å²) in [6, 6.07) is 0. The van der Waals surface area contributed by atoms with Crippen LogP contribution in [0.5, 0.6) is 0 Å². The van der Waals surface area contributed by atoms with Crippen molar-refractivity contribution in [3.05, 3.63) is 0 Å². The average Bonchev–Trinajstić information content (AvgIpc) is 1.62. The van der Waals surface area contributed by atoms with Crippen molar-refractivity contribution in [2.24, 2.45) is 5.92 Å². The molecule has 0 aromatic carbocycles. The van der Waals surface area contributed by atoms with Gasteiger partial charge in [-0.25, -0.2) is 0 Å². The smallest absolute Gasteiger partial charge is 0.336 e. The van der Waals surface area contributed by atoms with Crippen LogP contribution in [0.4, 0.5) is 13.2 Å². The van der Waals surface area contributed by atoms with Gasteiger partial charge in [0.05, 0.1) is 5.92 Å². The molecule has 0 aliphatic heterocycles. The molecular weight excluding hydrogens is 121 g/mol. The molecule has 0 aromatic heterocycles. The Balaban J connectivity index is 3.62. The summed E-state index contributed by atoms with van der Waals surface area (Å²) < 4.78 is 34.1. The van der Waals surface area contributed by atoms with Crippen LogP contribution in [-0.2, 0) is 0 Å². The standard InChI is InChI=1S/C4H7F3O/c1-3(2-5)4(6,7)8/h3,8H,2H2,1H3. The summed E-state index contributed by atoms with van der Waals surface area (Å²) in [5.74, 6) is -1.59. The van der Waals surface area contributed by atoms with Crippen LogP contribution in [0.1, 0.15) is 6.92 Å².